The smallest absolute Gasteiger partial charge is 0.306 e. The maximum Gasteiger partial charge on any atom is 0.306 e. The summed E-state index contributed by atoms with van der Waals surface area (Å²) in [6, 6.07) is 9.99. The molecule has 0 amide bonds. The molecule has 0 N–H and O–H groups in total. The SMILES string of the molecule is O=C(CCc1ccccc1)OCC1CCCCO1. The van der Waals surface area contributed by atoms with E-state index in [1.54, 1.807) is 0 Å². The van der Waals surface area contributed by atoms with Crippen LogP contribution < -0.4 is 0 Å². The van der Waals surface area contributed by atoms with Gasteiger partial charge in [0.2, 0.25) is 0 Å². The highest BCUT2D eigenvalue weighted by molar-refractivity contribution is 5.69. The van der Waals surface area contributed by atoms with Crippen LogP contribution in [0.5, 0.6) is 0 Å². The average Bonchev–Trinajstić information content (AvgIpc) is 2.45. The summed E-state index contributed by atoms with van der Waals surface area (Å²) in [6.07, 6.45) is 4.60. The second-order valence-electron chi connectivity index (χ2n) is 4.66. The molecule has 0 aliphatic carbocycles. The van der Waals surface area contributed by atoms with E-state index in [-0.39, 0.29) is 12.1 Å². The third-order valence-electron chi connectivity index (χ3n) is 3.16. The summed E-state index contributed by atoms with van der Waals surface area (Å²) in [6.45, 7) is 1.21. The Kier molecular flexibility index (Phi) is 5.21. The number of ether oxygens (including phenoxy) is 2. The molecule has 2 rings (SSSR count). The monoisotopic (exact) mass is 248 g/mol. The van der Waals surface area contributed by atoms with E-state index in [0.29, 0.717) is 13.0 Å². The van der Waals surface area contributed by atoms with E-state index in [9.17, 15) is 4.79 Å². The highest BCUT2D eigenvalue weighted by atomic mass is 16.6. The second-order valence-corrected chi connectivity index (χ2v) is 4.66. The lowest BCUT2D eigenvalue weighted by Gasteiger charge is -2.22. The van der Waals surface area contributed by atoms with Gasteiger partial charge in [0.15, 0.2) is 0 Å². The fourth-order valence-corrected chi connectivity index (χ4v) is 2.09. The van der Waals surface area contributed by atoms with Crippen molar-refractivity contribution in [1.29, 1.82) is 0 Å². The van der Waals surface area contributed by atoms with Crippen molar-refractivity contribution in [1.82, 2.24) is 0 Å². The van der Waals surface area contributed by atoms with E-state index in [0.717, 1.165) is 25.9 Å². The first kappa shape index (κ1) is 13.1. The maximum atomic E-state index is 11.6. The van der Waals surface area contributed by atoms with Gasteiger partial charge in [0.05, 0.1) is 6.10 Å². The van der Waals surface area contributed by atoms with Crippen LogP contribution in [0.2, 0.25) is 0 Å². The van der Waals surface area contributed by atoms with E-state index >= 15 is 0 Å². The second kappa shape index (κ2) is 7.17. The van der Waals surface area contributed by atoms with Crippen LogP contribution in [0.3, 0.4) is 0 Å². The van der Waals surface area contributed by atoms with E-state index in [1.807, 2.05) is 30.3 Å². The highest BCUT2D eigenvalue weighted by Gasteiger charge is 2.15. The minimum atomic E-state index is -0.131. The van der Waals surface area contributed by atoms with Gasteiger partial charge in [0, 0.05) is 13.0 Å². The molecule has 0 aromatic heterocycles. The fraction of sp³-hybridized carbons (Fsp3) is 0.533. The molecule has 1 aromatic carbocycles. The number of rotatable bonds is 5. The molecule has 1 unspecified atom stereocenters. The standard InChI is InChI=1S/C15H20O3/c16-15(10-9-13-6-2-1-3-7-13)18-12-14-8-4-5-11-17-14/h1-3,6-7,14H,4-5,8-12H2. The van der Waals surface area contributed by atoms with Crippen LogP contribution in [0, 0.1) is 0 Å². The van der Waals surface area contributed by atoms with E-state index < -0.39 is 0 Å². The lowest BCUT2D eigenvalue weighted by Crippen LogP contribution is -2.26. The molecule has 0 radical (unpaired) electrons. The highest BCUT2D eigenvalue weighted by Crippen LogP contribution is 2.13. The number of carbonyl (C=O) groups excluding carboxylic acids is 1. The summed E-state index contributed by atoms with van der Waals surface area (Å²) in [5.74, 6) is -0.131. The van der Waals surface area contributed by atoms with Gasteiger partial charge in [0.1, 0.15) is 6.61 Å². The van der Waals surface area contributed by atoms with Crippen molar-refractivity contribution >= 4 is 5.97 Å². The molecular formula is C15H20O3. The summed E-state index contributed by atoms with van der Waals surface area (Å²) in [7, 11) is 0. The lowest BCUT2D eigenvalue weighted by atomic mass is 10.1. The first-order valence-electron chi connectivity index (χ1n) is 6.66. The van der Waals surface area contributed by atoms with Crippen molar-refractivity contribution in [3.05, 3.63) is 35.9 Å². The first-order chi connectivity index (χ1) is 8.84. The molecule has 1 aromatic rings. The number of carbonyl (C=O) groups is 1. The van der Waals surface area contributed by atoms with Gasteiger partial charge in [-0.15, -0.1) is 0 Å². The lowest BCUT2D eigenvalue weighted by molar-refractivity contribution is -0.149. The summed E-state index contributed by atoms with van der Waals surface area (Å²) in [4.78, 5) is 11.6. The Morgan fingerprint density at radius 3 is 2.83 bits per heavy atom. The van der Waals surface area contributed by atoms with Gasteiger partial charge in [-0.25, -0.2) is 0 Å². The Labute approximate surface area is 108 Å². The molecule has 0 saturated carbocycles. The summed E-state index contributed by atoms with van der Waals surface area (Å²) in [5, 5.41) is 0. The summed E-state index contributed by atoms with van der Waals surface area (Å²) in [5.41, 5.74) is 1.17. The number of aryl methyl sites for hydroxylation is 1. The van der Waals surface area contributed by atoms with Gasteiger partial charge in [-0.1, -0.05) is 30.3 Å². The Morgan fingerprint density at radius 2 is 2.11 bits per heavy atom. The van der Waals surface area contributed by atoms with Crippen LogP contribution in [0.4, 0.5) is 0 Å². The molecule has 0 bridgehead atoms. The molecule has 0 spiro atoms. The van der Waals surface area contributed by atoms with E-state index in [4.69, 9.17) is 9.47 Å². The van der Waals surface area contributed by atoms with Gasteiger partial charge < -0.3 is 9.47 Å². The van der Waals surface area contributed by atoms with Crippen LogP contribution in [0.15, 0.2) is 30.3 Å². The van der Waals surface area contributed by atoms with Crippen molar-refractivity contribution in [3.63, 3.8) is 0 Å². The Hall–Kier alpha value is -1.35. The van der Waals surface area contributed by atoms with Crippen molar-refractivity contribution < 1.29 is 14.3 Å². The maximum absolute atomic E-state index is 11.6. The molecule has 18 heavy (non-hydrogen) atoms. The minimum Gasteiger partial charge on any atom is -0.463 e. The number of hydrogen-bond acceptors (Lipinski definition) is 3. The van der Waals surface area contributed by atoms with Crippen molar-refractivity contribution in [2.45, 2.75) is 38.2 Å². The molecule has 3 nitrogen and oxygen atoms in total. The normalized spacial score (nSPS) is 19.4. The van der Waals surface area contributed by atoms with Crippen molar-refractivity contribution in [3.8, 4) is 0 Å². The Morgan fingerprint density at radius 1 is 1.28 bits per heavy atom. The van der Waals surface area contributed by atoms with Crippen LogP contribution >= 0.6 is 0 Å². The zero-order chi connectivity index (χ0) is 12.6. The molecule has 98 valence electrons. The zero-order valence-corrected chi connectivity index (χ0v) is 10.6. The molecular weight excluding hydrogens is 228 g/mol. The van der Waals surface area contributed by atoms with Crippen LogP contribution in [0.25, 0.3) is 0 Å². The summed E-state index contributed by atoms with van der Waals surface area (Å²) < 4.78 is 10.8. The Balaban J connectivity index is 1.63. The van der Waals surface area contributed by atoms with Crippen molar-refractivity contribution in [2.75, 3.05) is 13.2 Å². The average molecular weight is 248 g/mol. The molecule has 3 heteroatoms. The van der Waals surface area contributed by atoms with Crippen LogP contribution in [-0.4, -0.2) is 25.3 Å². The van der Waals surface area contributed by atoms with Gasteiger partial charge in [-0.3, -0.25) is 4.79 Å². The topological polar surface area (TPSA) is 35.5 Å². The van der Waals surface area contributed by atoms with Gasteiger partial charge in [-0.2, -0.15) is 0 Å². The van der Waals surface area contributed by atoms with Crippen LogP contribution in [0.1, 0.15) is 31.2 Å². The van der Waals surface area contributed by atoms with Gasteiger partial charge >= 0.3 is 5.97 Å². The third kappa shape index (κ3) is 4.49. The molecule has 1 aliphatic rings. The third-order valence-corrected chi connectivity index (χ3v) is 3.16. The van der Waals surface area contributed by atoms with E-state index in [1.165, 1.54) is 12.0 Å². The zero-order valence-electron chi connectivity index (χ0n) is 10.6. The number of hydrogen-bond donors (Lipinski definition) is 0. The quantitative estimate of drug-likeness (QED) is 0.752. The predicted octanol–water partition coefficient (Wildman–Crippen LogP) is 2.73. The fourth-order valence-electron chi connectivity index (χ4n) is 2.09. The first-order valence-corrected chi connectivity index (χ1v) is 6.66. The van der Waals surface area contributed by atoms with E-state index in [2.05, 4.69) is 0 Å². The molecule has 1 aliphatic heterocycles. The van der Waals surface area contributed by atoms with Gasteiger partial charge in [-0.05, 0) is 31.2 Å². The number of esters is 1. The largest absolute Gasteiger partial charge is 0.463 e. The van der Waals surface area contributed by atoms with Crippen LogP contribution in [-0.2, 0) is 20.7 Å². The van der Waals surface area contributed by atoms with Gasteiger partial charge in [0.25, 0.3) is 0 Å². The molecule has 1 heterocycles. The van der Waals surface area contributed by atoms with Crippen molar-refractivity contribution in [2.24, 2.45) is 0 Å². The minimum absolute atomic E-state index is 0.111. The molecule has 1 fully saturated rings. The molecule has 1 atom stereocenters. The summed E-state index contributed by atoms with van der Waals surface area (Å²) >= 11 is 0. The predicted molar refractivity (Wildman–Crippen MR) is 69.3 cm³/mol. The molecule has 1 saturated heterocycles. The Bertz CT molecular complexity index is 355. The number of benzene rings is 1.